The van der Waals surface area contributed by atoms with Crippen LogP contribution in [0.4, 0.5) is 10.5 Å². The summed E-state index contributed by atoms with van der Waals surface area (Å²) in [5.41, 5.74) is 1.71. The number of halogens is 1. The Labute approximate surface area is 177 Å². The molecule has 1 aliphatic carbocycles. The number of benzene rings is 1. The van der Waals surface area contributed by atoms with Gasteiger partial charge in [0.25, 0.3) is 0 Å². The third kappa shape index (κ3) is 6.00. The summed E-state index contributed by atoms with van der Waals surface area (Å²) in [6.07, 6.45) is 5.80. The summed E-state index contributed by atoms with van der Waals surface area (Å²) in [4.78, 5) is 29.5. The first kappa shape index (κ1) is 21.2. The maximum atomic E-state index is 13.1. The van der Waals surface area contributed by atoms with Crippen LogP contribution in [0.25, 0.3) is 0 Å². The summed E-state index contributed by atoms with van der Waals surface area (Å²) in [7, 11) is 1.98. The van der Waals surface area contributed by atoms with Crippen molar-refractivity contribution in [1.82, 2.24) is 14.4 Å². The molecule has 1 N–H and O–H groups in total. The topological polar surface area (TPSA) is 57.6 Å². The summed E-state index contributed by atoms with van der Waals surface area (Å²) < 4.78 is 2.02. The van der Waals surface area contributed by atoms with Gasteiger partial charge < -0.3 is 19.7 Å². The molecule has 6 nitrogen and oxygen atoms in total. The number of aryl methyl sites for hydroxylation is 1. The molecule has 156 valence electrons. The lowest BCUT2D eigenvalue weighted by atomic mass is 10.2. The summed E-state index contributed by atoms with van der Waals surface area (Å²) in [5, 5.41) is 3.43. The Hall–Kier alpha value is -2.47. The predicted molar refractivity (Wildman–Crippen MR) is 116 cm³/mol. The molecule has 0 atom stereocenters. The van der Waals surface area contributed by atoms with Crippen LogP contribution in [0.1, 0.15) is 38.3 Å². The van der Waals surface area contributed by atoms with Gasteiger partial charge >= 0.3 is 6.03 Å². The zero-order valence-corrected chi connectivity index (χ0v) is 17.9. The molecule has 1 aromatic heterocycles. The van der Waals surface area contributed by atoms with Crippen LogP contribution in [0.15, 0.2) is 42.6 Å². The van der Waals surface area contributed by atoms with Crippen molar-refractivity contribution in [1.29, 1.82) is 0 Å². The maximum Gasteiger partial charge on any atom is 0.322 e. The highest BCUT2D eigenvalue weighted by atomic mass is 35.5. The van der Waals surface area contributed by atoms with E-state index in [2.05, 4.69) is 12.2 Å². The molecule has 29 heavy (non-hydrogen) atoms. The first-order valence-electron chi connectivity index (χ1n) is 10.2. The molecule has 0 aliphatic heterocycles. The summed E-state index contributed by atoms with van der Waals surface area (Å²) in [5.74, 6) is -0.0206. The quantitative estimate of drug-likeness (QED) is 0.654. The second-order valence-electron chi connectivity index (χ2n) is 7.58. The van der Waals surface area contributed by atoms with Crippen molar-refractivity contribution in [3.8, 4) is 0 Å². The van der Waals surface area contributed by atoms with Gasteiger partial charge in [-0.15, -0.1) is 0 Å². The average molecular weight is 417 g/mol. The van der Waals surface area contributed by atoms with Gasteiger partial charge in [-0.1, -0.05) is 31.0 Å². The van der Waals surface area contributed by atoms with E-state index in [4.69, 9.17) is 11.6 Å². The Morgan fingerprint density at radius 2 is 2.03 bits per heavy atom. The van der Waals surface area contributed by atoms with Crippen LogP contribution < -0.4 is 5.32 Å². The monoisotopic (exact) mass is 416 g/mol. The zero-order chi connectivity index (χ0) is 20.8. The van der Waals surface area contributed by atoms with E-state index in [0.29, 0.717) is 23.8 Å². The number of nitrogens with zero attached hydrogens (tertiary/aromatic N) is 3. The molecule has 0 radical (unpaired) electrons. The Kier molecular flexibility index (Phi) is 7.20. The van der Waals surface area contributed by atoms with Crippen LogP contribution in [0.3, 0.4) is 0 Å². The number of aromatic nitrogens is 1. The van der Waals surface area contributed by atoms with Gasteiger partial charge in [0.2, 0.25) is 5.91 Å². The van der Waals surface area contributed by atoms with E-state index in [-0.39, 0.29) is 24.5 Å². The van der Waals surface area contributed by atoms with Crippen molar-refractivity contribution in [3.05, 3.63) is 53.3 Å². The van der Waals surface area contributed by atoms with Gasteiger partial charge in [-0.25, -0.2) is 4.79 Å². The molecule has 1 fully saturated rings. The molecule has 3 amide bonds. The lowest BCUT2D eigenvalue weighted by Crippen LogP contribution is -2.45. The Morgan fingerprint density at radius 1 is 1.24 bits per heavy atom. The Morgan fingerprint density at radius 3 is 2.66 bits per heavy atom. The second-order valence-corrected chi connectivity index (χ2v) is 8.02. The number of urea groups is 1. The number of hydrogen-bond donors (Lipinski definition) is 1. The number of carbonyl (C=O) groups is 2. The Balaban J connectivity index is 1.67. The number of rotatable bonds is 9. The van der Waals surface area contributed by atoms with Gasteiger partial charge in [0, 0.05) is 42.2 Å². The molecular weight excluding hydrogens is 388 g/mol. The van der Waals surface area contributed by atoms with Gasteiger partial charge in [0.05, 0.1) is 6.54 Å². The first-order chi connectivity index (χ1) is 14.0. The molecule has 3 rings (SSSR count). The molecule has 0 unspecified atom stereocenters. The smallest absolute Gasteiger partial charge is 0.322 e. The lowest BCUT2D eigenvalue weighted by molar-refractivity contribution is -0.132. The fourth-order valence-electron chi connectivity index (χ4n) is 3.26. The van der Waals surface area contributed by atoms with Gasteiger partial charge in [-0.3, -0.25) is 4.79 Å². The second kappa shape index (κ2) is 9.83. The molecule has 1 aliphatic rings. The molecule has 0 saturated heterocycles. The van der Waals surface area contributed by atoms with Crippen molar-refractivity contribution < 1.29 is 9.59 Å². The van der Waals surface area contributed by atoms with Crippen LogP contribution >= 0.6 is 11.6 Å². The molecule has 1 saturated carbocycles. The minimum atomic E-state index is -0.252. The summed E-state index contributed by atoms with van der Waals surface area (Å²) >= 11 is 6.01. The highest BCUT2D eigenvalue weighted by Crippen LogP contribution is 2.28. The zero-order valence-electron chi connectivity index (χ0n) is 17.1. The van der Waals surface area contributed by atoms with Crippen molar-refractivity contribution in [2.24, 2.45) is 7.05 Å². The van der Waals surface area contributed by atoms with Crippen molar-refractivity contribution in [3.63, 3.8) is 0 Å². The van der Waals surface area contributed by atoms with Crippen LogP contribution in [-0.4, -0.2) is 45.4 Å². The lowest BCUT2D eigenvalue weighted by Gasteiger charge is -2.28. The van der Waals surface area contributed by atoms with E-state index in [1.165, 1.54) is 0 Å². The molecule has 1 aromatic carbocycles. The third-order valence-electron chi connectivity index (χ3n) is 5.17. The average Bonchev–Trinajstić information content (AvgIpc) is 3.45. The Bertz CT molecular complexity index is 847. The highest BCUT2D eigenvalue weighted by molar-refractivity contribution is 6.30. The van der Waals surface area contributed by atoms with Crippen LogP contribution in [-0.2, 0) is 18.4 Å². The van der Waals surface area contributed by atoms with E-state index < -0.39 is 0 Å². The minimum Gasteiger partial charge on any atom is -0.353 e. The maximum absolute atomic E-state index is 13.1. The largest absolute Gasteiger partial charge is 0.353 e. The van der Waals surface area contributed by atoms with Crippen molar-refractivity contribution in [2.45, 2.75) is 45.2 Å². The van der Waals surface area contributed by atoms with Crippen molar-refractivity contribution >= 4 is 29.2 Å². The SMILES string of the molecule is CCCCN(Cc1cccn1C)C(=O)CN(C(=O)Nc1cccc(Cl)c1)C1CC1. The molecule has 0 spiro atoms. The fourth-order valence-corrected chi connectivity index (χ4v) is 3.45. The number of carbonyl (C=O) groups excluding carboxylic acids is 2. The number of hydrogen-bond acceptors (Lipinski definition) is 2. The third-order valence-corrected chi connectivity index (χ3v) is 5.40. The standard InChI is InChI=1S/C22H29ClN4O2/c1-3-4-13-26(15-20-9-6-12-25(20)2)21(28)16-27(19-10-11-19)22(29)24-18-8-5-7-17(23)14-18/h5-9,12,14,19H,3-4,10-11,13,15-16H2,1-2H3,(H,24,29). The minimum absolute atomic E-state index is 0.0206. The molecule has 2 aromatic rings. The number of nitrogens with one attached hydrogen (secondary N) is 1. The van der Waals surface area contributed by atoms with Gasteiger partial charge in [-0.05, 0) is 49.6 Å². The van der Waals surface area contributed by atoms with Crippen molar-refractivity contribution in [2.75, 3.05) is 18.4 Å². The summed E-state index contributed by atoms with van der Waals surface area (Å²) in [6.45, 7) is 3.44. The number of anilines is 1. The van der Waals surface area contributed by atoms with Gasteiger partial charge in [0.15, 0.2) is 0 Å². The van der Waals surface area contributed by atoms with Gasteiger partial charge in [0.1, 0.15) is 6.54 Å². The fraction of sp³-hybridized carbons (Fsp3) is 0.455. The van der Waals surface area contributed by atoms with Crippen LogP contribution in [0.5, 0.6) is 0 Å². The number of unbranched alkanes of at least 4 members (excludes halogenated alkanes) is 1. The highest BCUT2D eigenvalue weighted by Gasteiger charge is 2.35. The first-order valence-corrected chi connectivity index (χ1v) is 10.6. The van der Waals surface area contributed by atoms with Crippen LogP contribution in [0.2, 0.25) is 5.02 Å². The van der Waals surface area contributed by atoms with Crippen LogP contribution in [0, 0.1) is 0 Å². The normalized spacial score (nSPS) is 13.2. The van der Waals surface area contributed by atoms with E-state index in [1.54, 1.807) is 29.2 Å². The molecular formula is C22H29ClN4O2. The van der Waals surface area contributed by atoms with E-state index in [9.17, 15) is 9.59 Å². The van der Waals surface area contributed by atoms with E-state index >= 15 is 0 Å². The van der Waals surface area contributed by atoms with Gasteiger partial charge in [-0.2, -0.15) is 0 Å². The molecule has 7 heteroatoms. The predicted octanol–water partition coefficient (Wildman–Crippen LogP) is 4.50. The molecule has 0 bridgehead atoms. The summed E-state index contributed by atoms with van der Waals surface area (Å²) in [6, 6.07) is 10.9. The number of amides is 3. The molecule has 1 heterocycles. The van der Waals surface area contributed by atoms with E-state index in [0.717, 1.165) is 31.4 Å². The van der Waals surface area contributed by atoms with E-state index in [1.807, 2.05) is 34.8 Å².